The summed E-state index contributed by atoms with van der Waals surface area (Å²) in [6.07, 6.45) is 4.54. The predicted octanol–water partition coefficient (Wildman–Crippen LogP) is 1.64. The molecule has 1 heterocycles. The third kappa shape index (κ3) is 4.83. The normalized spacial score (nSPS) is 11.0. The highest BCUT2D eigenvalue weighted by molar-refractivity contribution is 7.90. The lowest BCUT2D eigenvalue weighted by atomic mass is 10.2. The SMILES string of the molecule is CS(=O)(=O)c1cccc(C(=O)NCC(=O)Nc2ccc(-n3cccn3)cc2)c1. The Labute approximate surface area is 162 Å². The smallest absolute Gasteiger partial charge is 0.251 e. The second kappa shape index (κ2) is 8.05. The Morgan fingerprint density at radius 1 is 1.07 bits per heavy atom. The van der Waals surface area contributed by atoms with Gasteiger partial charge in [-0.05, 0) is 48.5 Å². The van der Waals surface area contributed by atoms with Gasteiger partial charge in [0.25, 0.3) is 5.91 Å². The lowest BCUT2D eigenvalue weighted by molar-refractivity contribution is -0.115. The molecule has 144 valence electrons. The van der Waals surface area contributed by atoms with Gasteiger partial charge in [0.05, 0.1) is 17.1 Å². The second-order valence-electron chi connectivity index (χ2n) is 6.03. The number of rotatable bonds is 6. The van der Waals surface area contributed by atoms with Crippen LogP contribution in [0, 0.1) is 0 Å². The fourth-order valence-corrected chi connectivity index (χ4v) is 3.12. The first kappa shape index (κ1) is 19.3. The predicted molar refractivity (Wildman–Crippen MR) is 104 cm³/mol. The first-order valence-corrected chi connectivity index (χ1v) is 10.2. The Morgan fingerprint density at radius 3 is 2.46 bits per heavy atom. The van der Waals surface area contributed by atoms with Crippen molar-refractivity contribution in [2.75, 3.05) is 18.1 Å². The van der Waals surface area contributed by atoms with Crippen LogP contribution in [0.2, 0.25) is 0 Å². The summed E-state index contributed by atoms with van der Waals surface area (Å²) in [4.78, 5) is 24.3. The Hall–Kier alpha value is -3.46. The van der Waals surface area contributed by atoms with Crippen LogP contribution in [0.15, 0.2) is 71.9 Å². The Balaban J connectivity index is 1.56. The molecule has 1 aromatic heterocycles. The molecule has 3 rings (SSSR count). The number of aromatic nitrogens is 2. The quantitative estimate of drug-likeness (QED) is 0.656. The molecule has 0 aliphatic rings. The number of sulfone groups is 1. The van der Waals surface area contributed by atoms with E-state index in [-0.39, 0.29) is 17.0 Å². The van der Waals surface area contributed by atoms with E-state index in [0.29, 0.717) is 5.69 Å². The van der Waals surface area contributed by atoms with E-state index in [2.05, 4.69) is 15.7 Å². The summed E-state index contributed by atoms with van der Waals surface area (Å²) in [7, 11) is -3.42. The summed E-state index contributed by atoms with van der Waals surface area (Å²) < 4.78 is 24.8. The first-order valence-electron chi connectivity index (χ1n) is 8.31. The fourth-order valence-electron chi connectivity index (χ4n) is 2.45. The van der Waals surface area contributed by atoms with Crippen molar-refractivity contribution in [3.05, 3.63) is 72.6 Å². The summed E-state index contributed by atoms with van der Waals surface area (Å²) in [5.74, 6) is -0.936. The largest absolute Gasteiger partial charge is 0.343 e. The minimum Gasteiger partial charge on any atom is -0.343 e. The zero-order valence-corrected chi connectivity index (χ0v) is 15.8. The number of hydrogen-bond donors (Lipinski definition) is 2. The van der Waals surface area contributed by atoms with E-state index in [1.54, 1.807) is 35.1 Å². The molecule has 0 aliphatic heterocycles. The molecule has 9 heteroatoms. The fraction of sp³-hybridized carbons (Fsp3) is 0.105. The van der Waals surface area contributed by atoms with E-state index in [1.807, 2.05) is 12.3 Å². The van der Waals surface area contributed by atoms with E-state index < -0.39 is 21.7 Å². The Kier molecular flexibility index (Phi) is 5.55. The maximum atomic E-state index is 12.2. The van der Waals surface area contributed by atoms with Crippen molar-refractivity contribution in [2.24, 2.45) is 0 Å². The molecular formula is C19H18N4O4S. The van der Waals surface area contributed by atoms with Gasteiger partial charge in [-0.2, -0.15) is 5.10 Å². The highest BCUT2D eigenvalue weighted by Gasteiger charge is 2.12. The summed E-state index contributed by atoms with van der Waals surface area (Å²) in [5, 5.41) is 9.27. The van der Waals surface area contributed by atoms with E-state index >= 15 is 0 Å². The standard InChI is InChI=1S/C19H18N4O4S/c1-28(26,27)17-5-2-4-14(12-17)19(25)20-13-18(24)22-15-6-8-16(9-7-15)23-11-3-10-21-23/h2-12H,13H2,1H3,(H,20,25)(H,22,24). The van der Waals surface area contributed by atoms with Crippen LogP contribution < -0.4 is 10.6 Å². The highest BCUT2D eigenvalue weighted by Crippen LogP contribution is 2.13. The maximum absolute atomic E-state index is 12.2. The topological polar surface area (TPSA) is 110 Å². The van der Waals surface area contributed by atoms with Crippen molar-refractivity contribution in [3.8, 4) is 5.69 Å². The molecule has 0 bridgehead atoms. The van der Waals surface area contributed by atoms with E-state index in [9.17, 15) is 18.0 Å². The van der Waals surface area contributed by atoms with Crippen molar-refractivity contribution in [1.29, 1.82) is 0 Å². The van der Waals surface area contributed by atoms with Gasteiger partial charge in [0.2, 0.25) is 5.91 Å². The Bertz CT molecular complexity index is 1090. The van der Waals surface area contributed by atoms with Gasteiger partial charge in [0.1, 0.15) is 0 Å². The molecule has 0 unspecified atom stereocenters. The zero-order chi connectivity index (χ0) is 20.1. The summed E-state index contributed by atoms with van der Waals surface area (Å²) in [6, 6.07) is 14.5. The van der Waals surface area contributed by atoms with Gasteiger partial charge in [-0.3, -0.25) is 9.59 Å². The number of anilines is 1. The number of nitrogens with zero attached hydrogens (tertiary/aromatic N) is 2. The zero-order valence-electron chi connectivity index (χ0n) is 15.0. The van der Waals surface area contributed by atoms with Gasteiger partial charge in [-0.1, -0.05) is 6.07 Å². The molecule has 0 fully saturated rings. The molecule has 0 radical (unpaired) electrons. The van der Waals surface area contributed by atoms with Crippen molar-refractivity contribution in [1.82, 2.24) is 15.1 Å². The number of nitrogens with one attached hydrogen (secondary N) is 2. The molecule has 0 aliphatic carbocycles. The number of amides is 2. The molecule has 8 nitrogen and oxygen atoms in total. The molecule has 28 heavy (non-hydrogen) atoms. The van der Waals surface area contributed by atoms with Crippen LogP contribution >= 0.6 is 0 Å². The van der Waals surface area contributed by atoms with E-state index in [4.69, 9.17) is 0 Å². The lowest BCUT2D eigenvalue weighted by Crippen LogP contribution is -2.32. The number of carbonyl (C=O) groups excluding carboxylic acids is 2. The summed E-state index contributed by atoms with van der Waals surface area (Å²) in [5.41, 5.74) is 1.59. The van der Waals surface area contributed by atoms with Gasteiger partial charge in [0.15, 0.2) is 9.84 Å². The van der Waals surface area contributed by atoms with Crippen molar-refractivity contribution < 1.29 is 18.0 Å². The average Bonchev–Trinajstić information content (AvgIpc) is 3.21. The summed E-state index contributed by atoms with van der Waals surface area (Å²) in [6.45, 7) is -0.247. The minimum atomic E-state index is -3.42. The second-order valence-corrected chi connectivity index (χ2v) is 8.04. The van der Waals surface area contributed by atoms with Crippen LogP contribution in [0.25, 0.3) is 5.69 Å². The van der Waals surface area contributed by atoms with Crippen LogP contribution in [0.3, 0.4) is 0 Å². The molecule has 0 atom stereocenters. The monoisotopic (exact) mass is 398 g/mol. The molecular weight excluding hydrogens is 380 g/mol. The van der Waals surface area contributed by atoms with Crippen LogP contribution in [0.5, 0.6) is 0 Å². The van der Waals surface area contributed by atoms with E-state index in [1.165, 1.54) is 24.3 Å². The molecule has 2 aromatic carbocycles. The third-order valence-electron chi connectivity index (χ3n) is 3.85. The van der Waals surface area contributed by atoms with Crippen LogP contribution in [0.4, 0.5) is 5.69 Å². The maximum Gasteiger partial charge on any atom is 0.251 e. The molecule has 0 saturated heterocycles. The van der Waals surface area contributed by atoms with Crippen LogP contribution in [-0.2, 0) is 14.6 Å². The van der Waals surface area contributed by atoms with Gasteiger partial charge in [-0.15, -0.1) is 0 Å². The van der Waals surface area contributed by atoms with Crippen molar-refractivity contribution in [3.63, 3.8) is 0 Å². The molecule has 2 N–H and O–H groups in total. The first-order chi connectivity index (χ1) is 13.3. The number of carbonyl (C=O) groups is 2. The molecule has 2 amide bonds. The number of benzene rings is 2. The summed E-state index contributed by atoms with van der Waals surface area (Å²) >= 11 is 0. The van der Waals surface area contributed by atoms with Gasteiger partial charge in [-0.25, -0.2) is 13.1 Å². The van der Waals surface area contributed by atoms with Gasteiger partial charge < -0.3 is 10.6 Å². The van der Waals surface area contributed by atoms with Crippen molar-refractivity contribution >= 4 is 27.3 Å². The van der Waals surface area contributed by atoms with Gasteiger partial charge >= 0.3 is 0 Å². The molecule has 0 spiro atoms. The van der Waals surface area contributed by atoms with Crippen LogP contribution in [-0.4, -0.2) is 42.8 Å². The van der Waals surface area contributed by atoms with E-state index in [0.717, 1.165) is 11.9 Å². The Morgan fingerprint density at radius 2 is 1.82 bits per heavy atom. The third-order valence-corrected chi connectivity index (χ3v) is 4.96. The average molecular weight is 398 g/mol. The van der Waals surface area contributed by atoms with Crippen LogP contribution in [0.1, 0.15) is 10.4 Å². The molecule has 3 aromatic rings. The van der Waals surface area contributed by atoms with Gasteiger partial charge in [0, 0.05) is 29.9 Å². The highest BCUT2D eigenvalue weighted by atomic mass is 32.2. The lowest BCUT2D eigenvalue weighted by Gasteiger charge is -2.08. The molecule has 0 saturated carbocycles. The number of hydrogen-bond acceptors (Lipinski definition) is 5. The minimum absolute atomic E-state index is 0.0434. The van der Waals surface area contributed by atoms with Crippen molar-refractivity contribution in [2.45, 2.75) is 4.90 Å².